The summed E-state index contributed by atoms with van der Waals surface area (Å²) in [5.41, 5.74) is 1.62. The van der Waals surface area contributed by atoms with Crippen molar-refractivity contribution in [2.24, 2.45) is 0 Å². The van der Waals surface area contributed by atoms with Crippen LogP contribution >= 0.6 is 0 Å². The molecule has 0 bridgehead atoms. The summed E-state index contributed by atoms with van der Waals surface area (Å²) in [6, 6.07) is 5.44. The summed E-state index contributed by atoms with van der Waals surface area (Å²) in [6.45, 7) is 4.58. The number of hydrogen-bond donors (Lipinski definition) is 1. The minimum Gasteiger partial charge on any atom is -0.493 e. The van der Waals surface area contributed by atoms with Gasteiger partial charge in [-0.3, -0.25) is 4.79 Å². The van der Waals surface area contributed by atoms with Gasteiger partial charge in [0, 0.05) is 5.56 Å². The first-order valence-corrected chi connectivity index (χ1v) is 7.62. The Labute approximate surface area is 122 Å². The van der Waals surface area contributed by atoms with E-state index in [-0.39, 0.29) is 5.78 Å². The molecule has 3 nitrogen and oxygen atoms in total. The standard InChI is InChI=1S/C17H26O3/c1-3-5-6-7-11-20-17-10-9-14(16(19)13-18)12-15(17)8-4-2/h9-10,12,18H,3-8,11,13H2,1-2H3. The molecule has 1 N–H and O–H groups in total. The molecular formula is C17H26O3. The topological polar surface area (TPSA) is 46.5 Å². The van der Waals surface area contributed by atoms with Crippen LogP contribution in [-0.4, -0.2) is 24.1 Å². The number of hydrogen-bond acceptors (Lipinski definition) is 3. The van der Waals surface area contributed by atoms with E-state index in [1.54, 1.807) is 6.07 Å². The first kappa shape index (κ1) is 16.7. The van der Waals surface area contributed by atoms with Crippen molar-refractivity contribution in [3.8, 4) is 5.75 Å². The van der Waals surface area contributed by atoms with Crippen LogP contribution < -0.4 is 4.74 Å². The second-order valence-electron chi connectivity index (χ2n) is 5.06. The van der Waals surface area contributed by atoms with Crippen LogP contribution in [-0.2, 0) is 6.42 Å². The molecule has 0 amide bonds. The fourth-order valence-corrected chi connectivity index (χ4v) is 2.16. The molecule has 0 aliphatic rings. The highest BCUT2D eigenvalue weighted by Crippen LogP contribution is 2.22. The van der Waals surface area contributed by atoms with Crippen LogP contribution in [0, 0.1) is 0 Å². The van der Waals surface area contributed by atoms with Gasteiger partial charge in [-0.15, -0.1) is 0 Å². The van der Waals surface area contributed by atoms with Crippen LogP contribution in [0.1, 0.15) is 61.9 Å². The molecule has 3 heteroatoms. The Kier molecular flexibility index (Phi) is 7.97. The van der Waals surface area contributed by atoms with Crippen LogP contribution in [0.4, 0.5) is 0 Å². The number of Topliss-reactive ketones (excluding diaryl/α,β-unsaturated/α-hetero) is 1. The van der Waals surface area contributed by atoms with E-state index in [0.717, 1.165) is 37.2 Å². The molecule has 1 rings (SSSR count). The predicted molar refractivity (Wildman–Crippen MR) is 81.5 cm³/mol. The molecule has 0 unspecified atom stereocenters. The molecule has 1 aromatic rings. The number of carbonyl (C=O) groups excluding carboxylic acids is 1. The maximum absolute atomic E-state index is 11.5. The summed E-state index contributed by atoms with van der Waals surface area (Å²) < 4.78 is 5.83. The van der Waals surface area contributed by atoms with Crippen LogP contribution in [0.15, 0.2) is 18.2 Å². The fraction of sp³-hybridized carbons (Fsp3) is 0.588. The Morgan fingerprint density at radius 2 is 1.95 bits per heavy atom. The Morgan fingerprint density at radius 1 is 1.15 bits per heavy atom. The van der Waals surface area contributed by atoms with Crippen molar-refractivity contribution in [3.63, 3.8) is 0 Å². The summed E-state index contributed by atoms with van der Waals surface area (Å²) in [6.07, 6.45) is 6.62. The van der Waals surface area contributed by atoms with Crippen molar-refractivity contribution < 1.29 is 14.6 Å². The minimum atomic E-state index is -0.442. The van der Waals surface area contributed by atoms with E-state index >= 15 is 0 Å². The van der Waals surface area contributed by atoms with E-state index in [1.165, 1.54) is 19.3 Å². The van der Waals surface area contributed by atoms with Crippen LogP contribution in [0.2, 0.25) is 0 Å². The number of rotatable bonds is 10. The lowest BCUT2D eigenvalue weighted by Gasteiger charge is -2.12. The van der Waals surface area contributed by atoms with Crippen molar-refractivity contribution in [1.29, 1.82) is 0 Å². The van der Waals surface area contributed by atoms with E-state index in [1.807, 2.05) is 12.1 Å². The lowest BCUT2D eigenvalue weighted by atomic mass is 10.0. The van der Waals surface area contributed by atoms with Gasteiger partial charge in [0.15, 0.2) is 5.78 Å². The zero-order valence-corrected chi connectivity index (χ0v) is 12.7. The largest absolute Gasteiger partial charge is 0.493 e. The Morgan fingerprint density at radius 3 is 2.60 bits per heavy atom. The molecule has 1 aromatic carbocycles. The van der Waals surface area contributed by atoms with Crippen molar-refractivity contribution in [1.82, 2.24) is 0 Å². The van der Waals surface area contributed by atoms with E-state index in [2.05, 4.69) is 13.8 Å². The first-order chi connectivity index (χ1) is 9.72. The lowest BCUT2D eigenvalue weighted by Crippen LogP contribution is -2.06. The Balaban J connectivity index is 2.66. The number of benzene rings is 1. The van der Waals surface area contributed by atoms with Crippen molar-refractivity contribution >= 4 is 5.78 Å². The maximum atomic E-state index is 11.5. The highest BCUT2D eigenvalue weighted by Gasteiger charge is 2.09. The summed E-state index contributed by atoms with van der Waals surface area (Å²) in [7, 11) is 0. The van der Waals surface area contributed by atoms with Gasteiger partial charge in [0.05, 0.1) is 6.61 Å². The van der Waals surface area contributed by atoms with E-state index in [4.69, 9.17) is 9.84 Å². The second-order valence-corrected chi connectivity index (χ2v) is 5.06. The van der Waals surface area contributed by atoms with Crippen molar-refractivity contribution in [2.75, 3.05) is 13.2 Å². The molecule has 0 atom stereocenters. The zero-order valence-electron chi connectivity index (χ0n) is 12.7. The minimum absolute atomic E-state index is 0.239. The van der Waals surface area contributed by atoms with Gasteiger partial charge in [0.1, 0.15) is 12.4 Å². The molecule has 0 saturated carbocycles. The molecule has 0 saturated heterocycles. The van der Waals surface area contributed by atoms with Crippen LogP contribution in [0.5, 0.6) is 5.75 Å². The van der Waals surface area contributed by atoms with E-state index < -0.39 is 6.61 Å². The van der Waals surface area contributed by atoms with Crippen molar-refractivity contribution in [2.45, 2.75) is 52.4 Å². The summed E-state index contributed by atoms with van der Waals surface area (Å²) >= 11 is 0. The number of aliphatic hydroxyl groups is 1. The molecule has 0 aliphatic carbocycles. The molecule has 0 radical (unpaired) electrons. The molecule has 20 heavy (non-hydrogen) atoms. The average molecular weight is 278 g/mol. The first-order valence-electron chi connectivity index (χ1n) is 7.62. The fourth-order valence-electron chi connectivity index (χ4n) is 2.16. The lowest BCUT2D eigenvalue weighted by molar-refractivity contribution is 0.0903. The van der Waals surface area contributed by atoms with Gasteiger partial charge >= 0.3 is 0 Å². The van der Waals surface area contributed by atoms with Gasteiger partial charge in [-0.25, -0.2) is 0 Å². The average Bonchev–Trinajstić information content (AvgIpc) is 2.47. The Hall–Kier alpha value is -1.35. The molecule has 0 heterocycles. The van der Waals surface area contributed by atoms with E-state index in [9.17, 15) is 4.79 Å². The summed E-state index contributed by atoms with van der Waals surface area (Å²) in [5, 5.41) is 8.92. The molecule has 0 spiro atoms. The highest BCUT2D eigenvalue weighted by molar-refractivity contribution is 5.97. The van der Waals surface area contributed by atoms with Crippen molar-refractivity contribution in [3.05, 3.63) is 29.3 Å². The van der Waals surface area contributed by atoms with Gasteiger partial charge in [0.25, 0.3) is 0 Å². The van der Waals surface area contributed by atoms with Crippen LogP contribution in [0.25, 0.3) is 0 Å². The van der Waals surface area contributed by atoms with Gasteiger partial charge in [-0.05, 0) is 36.6 Å². The number of aryl methyl sites for hydroxylation is 1. The van der Waals surface area contributed by atoms with Gasteiger partial charge in [-0.2, -0.15) is 0 Å². The van der Waals surface area contributed by atoms with Gasteiger partial charge in [0.2, 0.25) is 0 Å². The third-order valence-corrected chi connectivity index (χ3v) is 3.30. The van der Waals surface area contributed by atoms with Crippen LogP contribution in [0.3, 0.4) is 0 Å². The summed E-state index contributed by atoms with van der Waals surface area (Å²) in [5.74, 6) is 0.634. The van der Waals surface area contributed by atoms with Gasteiger partial charge < -0.3 is 9.84 Å². The number of ether oxygens (including phenoxy) is 1. The smallest absolute Gasteiger partial charge is 0.188 e. The third kappa shape index (κ3) is 5.33. The predicted octanol–water partition coefficient (Wildman–Crippen LogP) is 3.77. The summed E-state index contributed by atoms with van der Waals surface area (Å²) in [4.78, 5) is 11.5. The molecular weight excluding hydrogens is 252 g/mol. The molecule has 0 aromatic heterocycles. The van der Waals surface area contributed by atoms with E-state index in [0.29, 0.717) is 5.56 Å². The quantitative estimate of drug-likeness (QED) is 0.523. The zero-order chi connectivity index (χ0) is 14.8. The number of aliphatic hydroxyl groups excluding tert-OH is 1. The monoisotopic (exact) mass is 278 g/mol. The number of unbranched alkanes of at least 4 members (excludes halogenated alkanes) is 3. The molecule has 0 fully saturated rings. The second kappa shape index (κ2) is 9.54. The maximum Gasteiger partial charge on any atom is 0.188 e. The Bertz CT molecular complexity index is 413. The SMILES string of the molecule is CCCCCCOc1ccc(C(=O)CO)cc1CCC. The number of ketones is 1. The third-order valence-electron chi connectivity index (χ3n) is 3.30. The molecule has 112 valence electrons. The normalized spacial score (nSPS) is 10.6. The molecule has 0 aliphatic heterocycles. The van der Waals surface area contributed by atoms with Gasteiger partial charge in [-0.1, -0.05) is 39.5 Å². The highest BCUT2D eigenvalue weighted by atomic mass is 16.5. The number of carbonyl (C=O) groups is 1.